The first-order valence-electron chi connectivity index (χ1n) is 15.7. The fourth-order valence-corrected chi connectivity index (χ4v) is 9.19. The lowest BCUT2D eigenvalue weighted by atomic mass is 9.52. The molecule has 4 heteroatoms. The van der Waals surface area contributed by atoms with E-state index in [1.807, 2.05) is 0 Å². The molecule has 0 spiro atoms. The van der Waals surface area contributed by atoms with Crippen LogP contribution < -0.4 is 0 Å². The van der Waals surface area contributed by atoms with Gasteiger partial charge < -0.3 is 9.53 Å². The molecule has 1 N–H and O–H groups in total. The van der Waals surface area contributed by atoms with E-state index in [9.17, 15) is 9.90 Å². The summed E-state index contributed by atoms with van der Waals surface area (Å²) in [4.78, 5) is 13.6. The molecule has 3 rings (SSSR count). The van der Waals surface area contributed by atoms with Gasteiger partial charge in [-0.1, -0.05) is 79.9 Å². The number of hydrogen-bond acceptors (Lipinski definition) is 3. The monoisotopic (exact) mass is 532 g/mol. The average molecular weight is 533 g/mol. The molecule has 0 aliphatic heterocycles. The molecule has 3 aliphatic carbocycles. The van der Waals surface area contributed by atoms with Crippen molar-refractivity contribution in [2.24, 2.45) is 40.9 Å². The standard InChI is InChI=1S/C33H60O3Si/c1-24(2)13-10-14-25(3)27-17-18-30-32(27,7)21-19-28-29(34)23-26(15-11-20-33(28,30)35)16-12-22-36-37(8,9)31(4,5)6/h11,15,24-28,30,35H,10,12-14,16-23H2,1-9H3/b15-11-/t25-,26?,27-,28+,30-,32-,33+/m1/s1. The lowest BCUT2D eigenvalue weighted by Gasteiger charge is -2.54. The van der Waals surface area contributed by atoms with Gasteiger partial charge in [0, 0.05) is 18.9 Å². The van der Waals surface area contributed by atoms with Crippen LogP contribution in [0, 0.1) is 40.9 Å². The lowest BCUT2D eigenvalue weighted by Crippen LogP contribution is -2.57. The van der Waals surface area contributed by atoms with E-state index in [0.717, 1.165) is 44.6 Å². The van der Waals surface area contributed by atoms with Crippen LogP contribution in [0.15, 0.2) is 12.2 Å². The van der Waals surface area contributed by atoms with Crippen LogP contribution in [0.4, 0.5) is 0 Å². The largest absolute Gasteiger partial charge is 0.417 e. The summed E-state index contributed by atoms with van der Waals surface area (Å²) in [5.74, 6) is 2.82. The molecule has 0 amide bonds. The van der Waals surface area contributed by atoms with Gasteiger partial charge in [-0.15, -0.1) is 0 Å². The maximum absolute atomic E-state index is 13.6. The minimum atomic E-state index is -1.72. The SMILES string of the molecule is CC(C)CCC[C@@H](C)[C@H]1CC[C@@H]2[C@]1(C)CC[C@H]1C(=O)CC(CCCO[Si](C)(C)C(C)(C)C)/C=C\C[C@@]21O. The van der Waals surface area contributed by atoms with Crippen molar-refractivity contribution in [3.8, 4) is 0 Å². The smallest absolute Gasteiger partial charge is 0.191 e. The minimum absolute atomic E-state index is 0.163. The number of allylic oxidation sites excluding steroid dienone is 1. The van der Waals surface area contributed by atoms with Crippen LogP contribution in [0.25, 0.3) is 0 Å². The van der Waals surface area contributed by atoms with Crippen LogP contribution in [0.5, 0.6) is 0 Å². The fraction of sp³-hybridized carbons (Fsp3) is 0.909. The van der Waals surface area contributed by atoms with E-state index in [1.165, 1.54) is 25.7 Å². The van der Waals surface area contributed by atoms with Gasteiger partial charge in [0.1, 0.15) is 5.78 Å². The molecule has 3 aliphatic rings. The van der Waals surface area contributed by atoms with Gasteiger partial charge >= 0.3 is 0 Å². The molecule has 214 valence electrons. The predicted molar refractivity (Wildman–Crippen MR) is 159 cm³/mol. The molecule has 0 aromatic carbocycles. The Bertz CT molecular complexity index is 796. The quantitative estimate of drug-likeness (QED) is 0.173. The second kappa shape index (κ2) is 12.0. The highest BCUT2D eigenvalue weighted by Crippen LogP contribution is 2.63. The molecule has 0 aromatic rings. The Morgan fingerprint density at radius 3 is 2.46 bits per heavy atom. The Balaban J connectivity index is 1.63. The maximum atomic E-state index is 13.6. The van der Waals surface area contributed by atoms with E-state index in [0.29, 0.717) is 30.5 Å². The molecule has 0 radical (unpaired) electrons. The highest BCUT2D eigenvalue weighted by molar-refractivity contribution is 6.74. The number of hydrogen-bond donors (Lipinski definition) is 1. The van der Waals surface area contributed by atoms with E-state index in [-0.39, 0.29) is 28.2 Å². The summed E-state index contributed by atoms with van der Waals surface area (Å²) in [5.41, 5.74) is -0.695. The maximum Gasteiger partial charge on any atom is 0.191 e. The number of Topliss-reactive ketones (excluding diaryl/α,β-unsaturated/α-hetero) is 1. The van der Waals surface area contributed by atoms with Gasteiger partial charge in [-0.25, -0.2) is 0 Å². The molecule has 2 saturated carbocycles. The molecule has 0 saturated heterocycles. The van der Waals surface area contributed by atoms with Crippen LogP contribution >= 0.6 is 0 Å². The molecular weight excluding hydrogens is 472 g/mol. The Kier molecular flexibility index (Phi) is 10.1. The summed E-state index contributed by atoms with van der Waals surface area (Å²) in [7, 11) is -1.72. The van der Waals surface area contributed by atoms with Crippen molar-refractivity contribution in [2.75, 3.05) is 6.61 Å². The number of ketones is 1. The molecular formula is C33H60O3Si. The van der Waals surface area contributed by atoms with Crippen molar-refractivity contribution < 1.29 is 14.3 Å². The van der Waals surface area contributed by atoms with Crippen molar-refractivity contribution in [3.05, 3.63) is 12.2 Å². The second-order valence-corrected chi connectivity index (χ2v) is 20.2. The fourth-order valence-electron chi connectivity index (χ4n) is 8.11. The third-order valence-corrected chi connectivity index (χ3v) is 15.9. The summed E-state index contributed by atoms with van der Waals surface area (Å²) < 4.78 is 6.38. The molecule has 37 heavy (non-hydrogen) atoms. The van der Waals surface area contributed by atoms with E-state index in [4.69, 9.17) is 4.43 Å². The molecule has 0 aromatic heterocycles. The Labute approximate surface area is 230 Å². The number of carbonyl (C=O) groups excluding carboxylic acids is 1. The van der Waals surface area contributed by atoms with Crippen molar-refractivity contribution in [1.29, 1.82) is 0 Å². The van der Waals surface area contributed by atoms with Gasteiger partial charge in [0.2, 0.25) is 0 Å². The lowest BCUT2D eigenvalue weighted by molar-refractivity contribution is -0.164. The van der Waals surface area contributed by atoms with Gasteiger partial charge in [-0.2, -0.15) is 0 Å². The number of rotatable bonds is 10. The zero-order chi connectivity index (χ0) is 27.6. The van der Waals surface area contributed by atoms with Gasteiger partial charge in [0.05, 0.1) is 5.60 Å². The zero-order valence-electron chi connectivity index (χ0n) is 25.9. The minimum Gasteiger partial charge on any atom is -0.417 e. The Hall–Kier alpha value is -0.453. The van der Waals surface area contributed by atoms with Crippen molar-refractivity contribution >= 4 is 14.1 Å². The Morgan fingerprint density at radius 1 is 1.11 bits per heavy atom. The summed E-state index contributed by atoms with van der Waals surface area (Å²) >= 11 is 0. The summed E-state index contributed by atoms with van der Waals surface area (Å²) in [5, 5.41) is 12.5. The summed E-state index contributed by atoms with van der Waals surface area (Å²) in [6.45, 7) is 21.8. The number of aliphatic hydroxyl groups is 1. The van der Waals surface area contributed by atoms with Gasteiger partial charge in [0.25, 0.3) is 0 Å². The van der Waals surface area contributed by atoms with Crippen LogP contribution in [0.2, 0.25) is 18.1 Å². The molecule has 1 unspecified atom stereocenters. The summed E-state index contributed by atoms with van der Waals surface area (Å²) in [6, 6.07) is 0. The van der Waals surface area contributed by atoms with Crippen LogP contribution in [0.3, 0.4) is 0 Å². The summed E-state index contributed by atoms with van der Waals surface area (Å²) in [6.07, 6.45) is 15.9. The van der Waals surface area contributed by atoms with Crippen molar-refractivity contribution in [1.82, 2.24) is 0 Å². The Morgan fingerprint density at radius 2 is 1.81 bits per heavy atom. The zero-order valence-corrected chi connectivity index (χ0v) is 26.9. The third-order valence-electron chi connectivity index (χ3n) is 11.4. The first kappa shape index (κ1) is 31.1. The first-order chi connectivity index (χ1) is 17.1. The normalized spacial score (nSPS) is 36.6. The van der Waals surface area contributed by atoms with E-state index >= 15 is 0 Å². The van der Waals surface area contributed by atoms with Crippen LogP contribution in [0.1, 0.15) is 119 Å². The van der Waals surface area contributed by atoms with E-state index < -0.39 is 13.9 Å². The van der Waals surface area contributed by atoms with Crippen LogP contribution in [-0.2, 0) is 9.22 Å². The van der Waals surface area contributed by atoms with E-state index in [1.54, 1.807) is 0 Å². The molecule has 0 heterocycles. The predicted octanol–water partition coefficient (Wildman–Crippen LogP) is 8.96. The van der Waals surface area contributed by atoms with Crippen LogP contribution in [-0.4, -0.2) is 31.4 Å². The van der Waals surface area contributed by atoms with Crippen molar-refractivity contribution in [2.45, 2.75) is 143 Å². The third kappa shape index (κ3) is 6.83. The first-order valence-corrected chi connectivity index (χ1v) is 18.6. The number of carbonyl (C=O) groups is 1. The highest BCUT2D eigenvalue weighted by atomic mass is 28.4. The van der Waals surface area contributed by atoms with Gasteiger partial charge in [-0.3, -0.25) is 4.79 Å². The number of fused-ring (bicyclic) bond motifs is 3. The highest BCUT2D eigenvalue weighted by Gasteiger charge is 2.62. The average Bonchev–Trinajstić information content (AvgIpc) is 3.13. The molecule has 3 nitrogen and oxygen atoms in total. The second-order valence-electron chi connectivity index (χ2n) is 15.4. The molecule has 0 bridgehead atoms. The molecule has 7 atom stereocenters. The van der Waals surface area contributed by atoms with Gasteiger partial charge in [-0.05, 0) is 98.1 Å². The molecule has 2 fully saturated rings. The van der Waals surface area contributed by atoms with Crippen molar-refractivity contribution in [3.63, 3.8) is 0 Å². The topological polar surface area (TPSA) is 46.5 Å². The van der Waals surface area contributed by atoms with E-state index in [2.05, 4.69) is 73.7 Å². The van der Waals surface area contributed by atoms with Gasteiger partial charge in [0.15, 0.2) is 8.32 Å².